The van der Waals surface area contributed by atoms with Crippen LogP contribution >= 0.6 is 11.8 Å². The summed E-state index contributed by atoms with van der Waals surface area (Å²) < 4.78 is 34.4. The van der Waals surface area contributed by atoms with E-state index in [1.165, 1.54) is 16.7 Å². The molecule has 0 spiro atoms. The summed E-state index contributed by atoms with van der Waals surface area (Å²) >= 11 is 1.35. The Hall–Kier alpha value is -0.840. The highest BCUT2D eigenvalue weighted by Gasteiger charge is 2.48. The molecule has 10 heteroatoms. The third kappa shape index (κ3) is 3.02. The maximum absolute atomic E-state index is 12.0. The number of hydrogen-bond acceptors (Lipinski definition) is 6. The molecular weight excluding hydrogens is 294 g/mol. The number of carbonyl (C=O) groups is 1. The number of fused-ring (bicyclic) bond motifs is 2. The Labute approximate surface area is 115 Å². The lowest BCUT2D eigenvalue weighted by Gasteiger charge is -2.30. The van der Waals surface area contributed by atoms with Crippen LogP contribution in [-0.2, 0) is 14.7 Å². The molecule has 0 aromatic carbocycles. The molecule has 2 fully saturated rings. The Kier molecular flexibility index (Phi) is 4.04. The maximum atomic E-state index is 12.0. The number of piperidine rings is 1. The van der Waals surface area contributed by atoms with Crippen LogP contribution in [0.4, 0.5) is 4.79 Å². The standard InChI is InChI=1S/C9H15N3O5S2/c1-2-18-8(10)7-4-3-6-5-11(7)9(13)12(6)17-19(14,15)16/h6-7,10H,2-5H2,1H3,(H,14,15,16)/t6-,7+/m1/s1. The average molecular weight is 309 g/mol. The summed E-state index contributed by atoms with van der Waals surface area (Å²) in [6.45, 7) is 2.23. The van der Waals surface area contributed by atoms with Crippen LogP contribution in [0.5, 0.6) is 0 Å². The van der Waals surface area contributed by atoms with Gasteiger partial charge in [-0.1, -0.05) is 6.92 Å². The van der Waals surface area contributed by atoms with Crippen molar-refractivity contribution in [3.63, 3.8) is 0 Å². The summed E-state index contributed by atoms with van der Waals surface area (Å²) in [6.07, 6.45) is 1.13. The van der Waals surface area contributed by atoms with E-state index in [0.717, 1.165) is 5.75 Å². The second-order valence-corrected chi connectivity index (χ2v) is 6.62. The molecule has 0 aromatic heterocycles. The molecule has 2 bridgehead atoms. The lowest BCUT2D eigenvalue weighted by atomic mass is 10.0. The normalized spacial score (nSPS) is 26.9. The van der Waals surface area contributed by atoms with Crippen LogP contribution in [0.1, 0.15) is 19.8 Å². The SMILES string of the molecule is CCSC(=N)[C@@H]1CC[C@@H]2CN1C(=O)N2OS(=O)(=O)O. The van der Waals surface area contributed by atoms with Crippen LogP contribution < -0.4 is 0 Å². The van der Waals surface area contributed by atoms with Crippen molar-refractivity contribution in [2.45, 2.75) is 31.8 Å². The first-order chi connectivity index (χ1) is 8.83. The van der Waals surface area contributed by atoms with E-state index in [9.17, 15) is 13.2 Å². The summed E-state index contributed by atoms with van der Waals surface area (Å²) in [6, 6.07) is -1.35. The number of nitrogens with one attached hydrogen (secondary N) is 1. The van der Waals surface area contributed by atoms with Gasteiger partial charge in [-0.3, -0.25) is 9.96 Å². The zero-order valence-electron chi connectivity index (χ0n) is 10.3. The fraction of sp³-hybridized carbons (Fsp3) is 0.778. The highest BCUT2D eigenvalue weighted by atomic mass is 32.3. The minimum Gasteiger partial charge on any atom is -0.312 e. The fourth-order valence-corrected chi connectivity index (χ4v) is 3.49. The molecule has 2 amide bonds. The Morgan fingerprint density at radius 1 is 1.58 bits per heavy atom. The quantitative estimate of drug-likeness (QED) is 0.450. The molecule has 2 rings (SSSR count). The smallest absolute Gasteiger partial charge is 0.312 e. The number of urea groups is 1. The van der Waals surface area contributed by atoms with Gasteiger partial charge in [0.05, 0.1) is 17.1 Å². The molecule has 2 aliphatic heterocycles. The molecule has 19 heavy (non-hydrogen) atoms. The van der Waals surface area contributed by atoms with Crippen molar-refractivity contribution in [2.75, 3.05) is 12.3 Å². The van der Waals surface area contributed by atoms with Crippen LogP contribution in [0.15, 0.2) is 0 Å². The lowest BCUT2D eigenvalue weighted by Crippen LogP contribution is -2.43. The van der Waals surface area contributed by atoms with E-state index in [-0.39, 0.29) is 6.04 Å². The van der Waals surface area contributed by atoms with Gasteiger partial charge in [0.15, 0.2) is 0 Å². The van der Waals surface area contributed by atoms with Crippen molar-refractivity contribution in [1.82, 2.24) is 9.96 Å². The predicted octanol–water partition coefficient (Wildman–Crippen LogP) is 0.720. The van der Waals surface area contributed by atoms with Crippen LogP contribution in [0.3, 0.4) is 0 Å². The van der Waals surface area contributed by atoms with Crippen LogP contribution in [0.25, 0.3) is 0 Å². The summed E-state index contributed by atoms with van der Waals surface area (Å²) in [5, 5.41) is 9.00. The third-order valence-corrected chi connectivity index (χ3v) is 4.32. The third-order valence-electron chi connectivity index (χ3n) is 3.10. The first kappa shape index (κ1) is 14.6. The molecule has 8 nitrogen and oxygen atoms in total. The Morgan fingerprint density at radius 3 is 2.84 bits per heavy atom. The summed E-state index contributed by atoms with van der Waals surface area (Å²) in [4.78, 5) is 13.5. The van der Waals surface area contributed by atoms with Gasteiger partial charge in [-0.2, -0.15) is 13.5 Å². The molecular formula is C9H15N3O5S2. The van der Waals surface area contributed by atoms with E-state index in [1.807, 2.05) is 6.92 Å². The summed E-state index contributed by atoms with van der Waals surface area (Å²) in [5.74, 6) is 0.742. The topological polar surface area (TPSA) is 111 Å². The molecule has 2 saturated heterocycles. The van der Waals surface area contributed by atoms with Gasteiger partial charge < -0.3 is 4.90 Å². The van der Waals surface area contributed by atoms with E-state index < -0.39 is 22.5 Å². The van der Waals surface area contributed by atoms with Gasteiger partial charge in [-0.15, -0.1) is 16.0 Å². The van der Waals surface area contributed by atoms with E-state index in [0.29, 0.717) is 29.5 Å². The summed E-state index contributed by atoms with van der Waals surface area (Å²) in [5.41, 5.74) is 0. The van der Waals surface area contributed by atoms with Crippen molar-refractivity contribution < 1.29 is 22.0 Å². The van der Waals surface area contributed by atoms with Gasteiger partial charge in [0.25, 0.3) is 0 Å². The molecule has 0 saturated carbocycles. The number of thioether (sulfide) groups is 1. The number of carbonyl (C=O) groups excluding carboxylic acids is 1. The molecule has 108 valence electrons. The van der Waals surface area contributed by atoms with Crippen LogP contribution in [0.2, 0.25) is 0 Å². The number of amides is 2. The minimum absolute atomic E-state index is 0.311. The molecule has 0 radical (unpaired) electrons. The second-order valence-electron chi connectivity index (χ2n) is 4.31. The van der Waals surface area contributed by atoms with Gasteiger partial charge in [-0.25, -0.2) is 4.79 Å². The Bertz CT molecular complexity index is 494. The number of nitrogens with zero attached hydrogens (tertiary/aromatic N) is 2. The fourth-order valence-electron chi connectivity index (χ4n) is 2.36. The Morgan fingerprint density at radius 2 is 2.26 bits per heavy atom. The molecule has 2 N–H and O–H groups in total. The van der Waals surface area contributed by atoms with Gasteiger partial charge >= 0.3 is 16.4 Å². The molecule has 0 aromatic rings. The van der Waals surface area contributed by atoms with Crippen molar-refractivity contribution in [3.05, 3.63) is 0 Å². The number of rotatable bonds is 4. The number of hydrogen-bond donors (Lipinski definition) is 2. The van der Waals surface area contributed by atoms with Crippen molar-refractivity contribution in [3.8, 4) is 0 Å². The maximum Gasteiger partial charge on any atom is 0.418 e. The zero-order chi connectivity index (χ0) is 14.2. The molecule has 0 unspecified atom stereocenters. The lowest BCUT2D eigenvalue weighted by molar-refractivity contribution is -0.0316. The van der Waals surface area contributed by atoms with E-state index in [4.69, 9.17) is 9.96 Å². The second kappa shape index (κ2) is 5.27. The van der Waals surface area contributed by atoms with Crippen molar-refractivity contribution in [1.29, 1.82) is 5.41 Å². The van der Waals surface area contributed by atoms with Gasteiger partial charge in [0.2, 0.25) is 0 Å². The van der Waals surface area contributed by atoms with Gasteiger partial charge in [-0.05, 0) is 18.6 Å². The van der Waals surface area contributed by atoms with E-state index in [2.05, 4.69) is 4.28 Å². The predicted molar refractivity (Wildman–Crippen MR) is 69.2 cm³/mol. The highest BCUT2D eigenvalue weighted by molar-refractivity contribution is 8.13. The first-order valence-electron chi connectivity index (χ1n) is 5.81. The van der Waals surface area contributed by atoms with Crippen LogP contribution in [0, 0.1) is 5.41 Å². The van der Waals surface area contributed by atoms with E-state index in [1.54, 1.807) is 0 Å². The largest absolute Gasteiger partial charge is 0.418 e. The Balaban J connectivity index is 2.13. The first-order valence-corrected chi connectivity index (χ1v) is 8.16. The van der Waals surface area contributed by atoms with Gasteiger partial charge in [0, 0.05) is 6.54 Å². The van der Waals surface area contributed by atoms with Crippen LogP contribution in [-0.4, -0.2) is 58.4 Å². The molecule has 2 atom stereocenters. The molecule has 2 heterocycles. The highest BCUT2D eigenvalue weighted by Crippen LogP contribution is 2.32. The average Bonchev–Trinajstić information content (AvgIpc) is 2.53. The monoisotopic (exact) mass is 309 g/mol. The summed E-state index contributed by atoms with van der Waals surface area (Å²) in [7, 11) is -4.71. The van der Waals surface area contributed by atoms with E-state index >= 15 is 0 Å². The molecule has 0 aliphatic carbocycles. The number of hydroxylamine groups is 2. The van der Waals surface area contributed by atoms with Crippen molar-refractivity contribution in [2.24, 2.45) is 0 Å². The van der Waals surface area contributed by atoms with Gasteiger partial charge in [0.1, 0.15) is 0 Å². The minimum atomic E-state index is -4.71. The molecule has 2 aliphatic rings. The zero-order valence-corrected chi connectivity index (χ0v) is 11.9. The van der Waals surface area contributed by atoms with Crippen molar-refractivity contribution >= 4 is 33.2 Å².